The number of hydrogen-bond donors (Lipinski definition) is 2. The normalized spacial score (nSPS) is 15.2. The van der Waals surface area contributed by atoms with Crippen molar-refractivity contribution in [3.8, 4) is 0 Å². The Balaban J connectivity index is 0.00000364. The summed E-state index contributed by atoms with van der Waals surface area (Å²) in [4.78, 5) is 21.0. The zero-order valence-electron chi connectivity index (χ0n) is 16.7. The van der Waals surface area contributed by atoms with Crippen LogP contribution in [0.1, 0.15) is 40.0 Å². The van der Waals surface area contributed by atoms with Crippen molar-refractivity contribution in [3.63, 3.8) is 0 Å². The Hall–Kier alpha value is -1.03. The first-order valence-electron chi connectivity index (χ1n) is 9.78. The second kappa shape index (κ2) is 13.2. The molecule has 1 saturated heterocycles. The third-order valence-corrected chi connectivity index (χ3v) is 5.64. The molecule has 1 fully saturated rings. The lowest BCUT2D eigenvalue weighted by Crippen LogP contribution is -2.48. The maximum Gasteiger partial charge on any atom is 0.224 e. The van der Waals surface area contributed by atoms with E-state index < -0.39 is 0 Å². The van der Waals surface area contributed by atoms with Crippen molar-refractivity contribution in [1.29, 1.82) is 0 Å². The number of thiophene rings is 1. The van der Waals surface area contributed by atoms with Crippen molar-refractivity contribution >= 4 is 52.2 Å². The Morgan fingerprint density at radius 3 is 2.56 bits per heavy atom. The highest BCUT2D eigenvalue weighted by Crippen LogP contribution is 2.24. The van der Waals surface area contributed by atoms with Crippen LogP contribution in [-0.4, -0.2) is 62.1 Å². The zero-order valence-corrected chi connectivity index (χ0v) is 19.9. The molecule has 1 aromatic rings. The average Bonchev–Trinajstić information content (AvgIpc) is 3.18. The molecule has 0 saturated carbocycles. The number of amides is 1. The lowest BCUT2D eigenvalue weighted by molar-refractivity contribution is -0.130. The molecular weight excluding hydrogens is 473 g/mol. The van der Waals surface area contributed by atoms with Gasteiger partial charge in [-0.25, -0.2) is 0 Å². The number of piperidine rings is 1. The number of guanidine groups is 1. The van der Waals surface area contributed by atoms with Gasteiger partial charge in [-0.2, -0.15) is 0 Å². The van der Waals surface area contributed by atoms with Crippen LogP contribution in [0.25, 0.3) is 0 Å². The predicted molar refractivity (Wildman–Crippen MR) is 127 cm³/mol. The number of anilines is 1. The van der Waals surface area contributed by atoms with Crippen molar-refractivity contribution in [2.24, 2.45) is 4.99 Å². The lowest BCUT2D eigenvalue weighted by Gasteiger charge is -2.33. The van der Waals surface area contributed by atoms with Crippen molar-refractivity contribution in [2.75, 3.05) is 44.2 Å². The van der Waals surface area contributed by atoms with Gasteiger partial charge in [-0.1, -0.05) is 0 Å². The molecule has 0 aliphatic carbocycles. The van der Waals surface area contributed by atoms with Crippen LogP contribution in [0.4, 0.5) is 5.00 Å². The van der Waals surface area contributed by atoms with E-state index in [1.54, 1.807) is 11.3 Å². The molecule has 8 heteroatoms. The van der Waals surface area contributed by atoms with Gasteiger partial charge >= 0.3 is 0 Å². The summed E-state index contributed by atoms with van der Waals surface area (Å²) in [6.45, 7) is 11.1. The van der Waals surface area contributed by atoms with E-state index in [-0.39, 0.29) is 29.9 Å². The Morgan fingerprint density at radius 1 is 1.30 bits per heavy atom. The van der Waals surface area contributed by atoms with E-state index in [4.69, 9.17) is 0 Å². The van der Waals surface area contributed by atoms with E-state index in [0.717, 1.165) is 51.5 Å². The molecular formula is C19H34IN5OS. The van der Waals surface area contributed by atoms with Crippen LogP contribution >= 0.6 is 35.3 Å². The Labute approximate surface area is 184 Å². The van der Waals surface area contributed by atoms with E-state index in [1.165, 1.54) is 5.00 Å². The van der Waals surface area contributed by atoms with E-state index >= 15 is 0 Å². The fourth-order valence-corrected chi connectivity index (χ4v) is 3.99. The van der Waals surface area contributed by atoms with Crippen molar-refractivity contribution < 1.29 is 4.79 Å². The van der Waals surface area contributed by atoms with Gasteiger partial charge in [-0.15, -0.1) is 35.3 Å². The van der Waals surface area contributed by atoms with Crippen LogP contribution in [0.2, 0.25) is 0 Å². The van der Waals surface area contributed by atoms with Crippen LogP contribution in [-0.2, 0) is 4.79 Å². The van der Waals surface area contributed by atoms with Crippen LogP contribution in [0.5, 0.6) is 0 Å². The first-order valence-corrected chi connectivity index (χ1v) is 10.7. The molecule has 0 aromatic carbocycles. The minimum atomic E-state index is 0. The van der Waals surface area contributed by atoms with Crippen LogP contribution in [0.15, 0.2) is 22.5 Å². The molecule has 1 aliphatic heterocycles. The minimum Gasteiger partial charge on any atom is -0.363 e. The summed E-state index contributed by atoms with van der Waals surface area (Å²) in [5.74, 6) is 1.01. The van der Waals surface area contributed by atoms with Gasteiger partial charge in [0.25, 0.3) is 0 Å². The SMILES string of the molecule is CCNC(=NCCC(=O)N(CC)CC)NC1CCN(c2cccs2)CC1.I. The second-order valence-electron chi connectivity index (χ2n) is 6.43. The Morgan fingerprint density at radius 2 is 2.00 bits per heavy atom. The Bertz CT molecular complexity index is 554. The highest BCUT2D eigenvalue weighted by Gasteiger charge is 2.20. The molecule has 0 spiro atoms. The summed E-state index contributed by atoms with van der Waals surface area (Å²) >= 11 is 1.81. The molecule has 6 nitrogen and oxygen atoms in total. The molecule has 2 rings (SSSR count). The van der Waals surface area contributed by atoms with Gasteiger partial charge in [-0.05, 0) is 51.1 Å². The summed E-state index contributed by atoms with van der Waals surface area (Å²) < 4.78 is 0. The standard InChI is InChI=1S/C19H33N5OS.HI/c1-4-20-19(21-12-9-17(25)23(5-2)6-3)22-16-10-13-24(14-11-16)18-8-7-15-26-18;/h7-8,15-16H,4-6,9-14H2,1-3H3,(H2,20,21,22);1H. The third-order valence-electron chi connectivity index (χ3n) is 4.71. The van der Waals surface area contributed by atoms with Crippen LogP contribution < -0.4 is 15.5 Å². The van der Waals surface area contributed by atoms with Gasteiger partial charge in [0.05, 0.1) is 11.5 Å². The maximum absolute atomic E-state index is 12.1. The fraction of sp³-hybridized carbons (Fsp3) is 0.684. The van der Waals surface area contributed by atoms with Gasteiger partial charge in [0.1, 0.15) is 0 Å². The predicted octanol–water partition coefficient (Wildman–Crippen LogP) is 3.15. The minimum absolute atomic E-state index is 0. The molecule has 2 heterocycles. The quantitative estimate of drug-likeness (QED) is 0.323. The van der Waals surface area contributed by atoms with Crippen LogP contribution in [0, 0.1) is 0 Å². The second-order valence-corrected chi connectivity index (χ2v) is 7.36. The van der Waals surface area contributed by atoms with Crippen LogP contribution in [0.3, 0.4) is 0 Å². The van der Waals surface area contributed by atoms with Gasteiger partial charge in [-0.3, -0.25) is 9.79 Å². The van der Waals surface area contributed by atoms with E-state index in [9.17, 15) is 4.79 Å². The first kappa shape index (κ1) is 24.0. The monoisotopic (exact) mass is 507 g/mol. The van der Waals surface area contributed by atoms with Crippen molar-refractivity contribution in [3.05, 3.63) is 17.5 Å². The maximum atomic E-state index is 12.1. The molecule has 0 radical (unpaired) electrons. The summed E-state index contributed by atoms with van der Waals surface area (Å²) in [5.41, 5.74) is 0. The first-order chi connectivity index (χ1) is 12.7. The number of hydrogen-bond acceptors (Lipinski definition) is 4. The number of carbonyl (C=O) groups is 1. The molecule has 0 atom stereocenters. The summed E-state index contributed by atoms with van der Waals surface area (Å²) in [6.07, 6.45) is 2.66. The number of halogens is 1. The summed E-state index contributed by atoms with van der Waals surface area (Å²) in [6, 6.07) is 4.74. The molecule has 1 amide bonds. The average molecular weight is 507 g/mol. The number of aliphatic imine (C=N–C) groups is 1. The number of rotatable bonds is 8. The van der Waals surface area contributed by atoms with Gasteiger partial charge < -0.3 is 20.4 Å². The van der Waals surface area contributed by atoms with E-state index in [0.29, 0.717) is 19.0 Å². The van der Waals surface area contributed by atoms with Crippen molar-refractivity contribution in [1.82, 2.24) is 15.5 Å². The molecule has 154 valence electrons. The van der Waals surface area contributed by atoms with E-state index in [1.807, 2.05) is 18.7 Å². The molecule has 1 aliphatic rings. The molecule has 2 N–H and O–H groups in total. The lowest BCUT2D eigenvalue weighted by atomic mass is 10.1. The highest BCUT2D eigenvalue weighted by atomic mass is 127. The zero-order chi connectivity index (χ0) is 18.8. The Kier molecular flexibility index (Phi) is 11.7. The summed E-state index contributed by atoms with van der Waals surface area (Å²) in [7, 11) is 0. The molecule has 1 aromatic heterocycles. The smallest absolute Gasteiger partial charge is 0.224 e. The highest BCUT2D eigenvalue weighted by molar-refractivity contribution is 14.0. The van der Waals surface area contributed by atoms with Gasteiger partial charge in [0, 0.05) is 45.2 Å². The molecule has 0 unspecified atom stereocenters. The van der Waals surface area contributed by atoms with Gasteiger partial charge in [0.2, 0.25) is 5.91 Å². The van der Waals surface area contributed by atoms with E-state index in [2.05, 4.69) is 45.0 Å². The van der Waals surface area contributed by atoms with Gasteiger partial charge in [0.15, 0.2) is 5.96 Å². The number of nitrogens with zero attached hydrogens (tertiary/aromatic N) is 3. The molecule has 0 bridgehead atoms. The molecule has 27 heavy (non-hydrogen) atoms. The largest absolute Gasteiger partial charge is 0.363 e. The topological polar surface area (TPSA) is 60.0 Å². The summed E-state index contributed by atoms with van der Waals surface area (Å²) in [5, 5.41) is 10.3. The van der Waals surface area contributed by atoms with Crippen molar-refractivity contribution in [2.45, 2.75) is 46.1 Å². The number of nitrogens with one attached hydrogen (secondary N) is 2. The number of carbonyl (C=O) groups excluding carboxylic acids is 1. The fourth-order valence-electron chi connectivity index (χ4n) is 3.21. The third kappa shape index (κ3) is 7.85.